The maximum atomic E-state index is 2.65. The predicted molar refractivity (Wildman–Crippen MR) is 90.8 cm³/mol. The van der Waals surface area contributed by atoms with Crippen LogP contribution in [-0.4, -0.2) is 23.2 Å². The highest BCUT2D eigenvalue weighted by Gasteiger charge is 2.49. The molecular formula is C12H33PSi3. The lowest BCUT2D eigenvalue weighted by atomic mass is 10.9. The highest BCUT2D eigenvalue weighted by atomic mass is 31.8. The quantitative estimate of drug-likeness (QED) is 0.407. The van der Waals surface area contributed by atoms with Gasteiger partial charge in [-0.25, -0.2) is 0 Å². The largest absolute Gasteiger partial charge is 0.140 e. The van der Waals surface area contributed by atoms with Gasteiger partial charge in [-0.2, -0.15) is 0 Å². The first-order chi connectivity index (χ1) is 7.05. The Bertz CT molecular complexity index is 189. The third kappa shape index (κ3) is 3.79. The van der Waals surface area contributed by atoms with Crippen molar-refractivity contribution in [2.45, 2.75) is 78.2 Å². The van der Waals surface area contributed by atoms with E-state index >= 15 is 0 Å². The van der Waals surface area contributed by atoms with E-state index in [1.165, 1.54) is 0 Å². The Hall–Kier alpha value is 1.08. The van der Waals surface area contributed by atoms with Crippen molar-refractivity contribution in [1.82, 2.24) is 0 Å². The summed E-state index contributed by atoms with van der Waals surface area (Å²) in [6, 6.07) is 4.63. The van der Waals surface area contributed by atoms with Gasteiger partial charge in [0.05, 0.1) is 23.2 Å². The zero-order valence-corrected chi connectivity index (χ0v) is 17.0. The molecule has 0 heterocycles. The minimum Gasteiger partial charge on any atom is -0.140 e. The third-order valence-corrected chi connectivity index (χ3v) is 57.8. The molecule has 0 spiro atoms. The molecule has 4 heteroatoms. The molecule has 0 aliphatic heterocycles. The molecule has 0 aromatic carbocycles. The van der Waals surface area contributed by atoms with Crippen LogP contribution in [0, 0.1) is 0 Å². The molecular weight excluding hydrogens is 259 g/mol. The average Bonchev–Trinajstić information content (AvgIpc) is 2.10. The lowest BCUT2D eigenvalue weighted by Gasteiger charge is -2.51. The predicted octanol–water partition coefficient (Wildman–Crippen LogP) is 6.14. The molecule has 0 aliphatic rings. The van der Waals surface area contributed by atoms with Crippen molar-refractivity contribution in [3.8, 4) is 0 Å². The first kappa shape index (κ1) is 17.1. The maximum Gasteiger partial charge on any atom is 0.0724 e. The van der Waals surface area contributed by atoms with E-state index in [4.69, 9.17) is 0 Å². The van der Waals surface area contributed by atoms with Crippen LogP contribution in [-0.2, 0) is 0 Å². The van der Waals surface area contributed by atoms with E-state index in [1.807, 2.05) is 0 Å². The van der Waals surface area contributed by atoms with Gasteiger partial charge in [0, 0.05) is 0 Å². The summed E-state index contributed by atoms with van der Waals surface area (Å²) < 4.78 is 0. The van der Waals surface area contributed by atoms with Crippen molar-refractivity contribution in [3.05, 3.63) is 0 Å². The van der Waals surface area contributed by atoms with Crippen LogP contribution in [0.3, 0.4) is 0 Å². The Morgan fingerprint density at radius 2 is 0.875 bits per heavy atom. The Labute approximate surface area is 108 Å². The molecule has 0 nitrogen and oxygen atoms in total. The topological polar surface area (TPSA) is 0 Å². The second-order valence-electron chi connectivity index (χ2n) is 6.96. The van der Waals surface area contributed by atoms with Gasteiger partial charge in [0.15, 0.2) is 0 Å². The number of hydrogen-bond acceptors (Lipinski definition) is 0. The van der Waals surface area contributed by atoms with Crippen LogP contribution in [0.5, 0.6) is 0 Å². The third-order valence-electron chi connectivity index (χ3n) is 3.79. The van der Waals surface area contributed by atoms with E-state index in [1.54, 1.807) is 18.1 Å². The minimum absolute atomic E-state index is 0.426. The summed E-state index contributed by atoms with van der Waals surface area (Å²) in [5.74, 6) is 0. The lowest BCUT2D eigenvalue weighted by molar-refractivity contribution is 1.22. The summed E-state index contributed by atoms with van der Waals surface area (Å²) >= 11 is 0. The van der Waals surface area contributed by atoms with Crippen LogP contribution in [0.1, 0.15) is 20.8 Å². The van der Waals surface area contributed by atoms with E-state index in [-0.39, 0.29) is 0 Å². The standard InChI is InChI=1S/C12H33PSi3/c1-10-16(11-2,12-3)13(14(4,5)6)15(7,8)9/h10-12H2,1-9H3. The van der Waals surface area contributed by atoms with Crippen LogP contribution in [0.25, 0.3) is 0 Å². The first-order valence-electron chi connectivity index (χ1n) is 6.85. The highest BCUT2D eigenvalue weighted by Crippen LogP contribution is 2.64. The van der Waals surface area contributed by atoms with E-state index in [0.29, 0.717) is 6.57 Å². The Balaban J connectivity index is 5.49. The van der Waals surface area contributed by atoms with Gasteiger partial charge in [-0.3, -0.25) is 0 Å². The molecule has 0 unspecified atom stereocenters. The van der Waals surface area contributed by atoms with Crippen LogP contribution in [0.2, 0.25) is 57.4 Å². The first-order valence-corrected chi connectivity index (χ1v) is 20.3. The molecule has 16 heavy (non-hydrogen) atoms. The molecule has 0 saturated carbocycles. The van der Waals surface area contributed by atoms with Crippen molar-refractivity contribution < 1.29 is 0 Å². The second-order valence-corrected chi connectivity index (χ2v) is 39.8. The Morgan fingerprint density at radius 3 is 0.938 bits per heavy atom. The maximum absolute atomic E-state index is 2.65. The van der Waals surface area contributed by atoms with Gasteiger partial charge in [0.25, 0.3) is 0 Å². The van der Waals surface area contributed by atoms with E-state index in [0.717, 1.165) is 0 Å². The smallest absolute Gasteiger partial charge is 0.0724 e. The van der Waals surface area contributed by atoms with Crippen molar-refractivity contribution in [3.63, 3.8) is 0 Å². The van der Waals surface area contributed by atoms with Crippen molar-refractivity contribution in [2.75, 3.05) is 0 Å². The van der Waals surface area contributed by atoms with Gasteiger partial charge in [0.1, 0.15) is 0 Å². The fourth-order valence-electron chi connectivity index (χ4n) is 3.65. The summed E-state index contributed by atoms with van der Waals surface area (Å²) in [5, 5.41) is 0. The summed E-state index contributed by atoms with van der Waals surface area (Å²) in [6.07, 6.45) is 0. The van der Waals surface area contributed by atoms with Gasteiger partial charge < -0.3 is 0 Å². The molecule has 0 aromatic rings. The summed E-state index contributed by atoms with van der Waals surface area (Å²) in [7, 11) is -2.79. The van der Waals surface area contributed by atoms with Crippen LogP contribution in [0.4, 0.5) is 0 Å². The monoisotopic (exact) mass is 292 g/mol. The molecule has 0 atom stereocenters. The van der Waals surface area contributed by atoms with Crippen molar-refractivity contribution in [1.29, 1.82) is 0 Å². The normalized spacial score (nSPS) is 14.6. The van der Waals surface area contributed by atoms with E-state index in [9.17, 15) is 0 Å². The molecule has 0 amide bonds. The van der Waals surface area contributed by atoms with Gasteiger partial charge in [-0.05, 0) is 0 Å². The zero-order chi connectivity index (χ0) is 13.2. The van der Waals surface area contributed by atoms with Gasteiger partial charge in [-0.1, -0.05) is 78.2 Å². The number of hydrogen-bond donors (Lipinski definition) is 0. The summed E-state index contributed by atoms with van der Waals surface area (Å²) in [4.78, 5) is 0. The molecule has 0 aromatic heterocycles. The molecule has 0 saturated heterocycles. The van der Waals surface area contributed by atoms with Gasteiger partial charge >= 0.3 is 0 Å². The van der Waals surface area contributed by atoms with Crippen LogP contribution in [0.15, 0.2) is 0 Å². The molecule has 0 rings (SSSR count). The van der Waals surface area contributed by atoms with Gasteiger partial charge in [0.2, 0.25) is 0 Å². The molecule has 98 valence electrons. The highest BCUT2D eigenvalue weighted by molar-refractivity contribution is 8.37. The fraction of sp³-hybridized carbons (Fsp3) is 1.00. The molecule has 0 bridgehead atoms. The fourth-order valence-corrected chi connectivity index (χ4v) is 80.6. The average molecular weight is 293 g/mol. The van der Waals surface area contributed by atoms with Crippen molar-refractivity contribution >= 4 is 29.8 Å². The van der Waals surface area contributed by atoms with E-state index < -0.39 is 23.2 Å². The van der Waals surface area contributed by atoms with Crippen molar-refractivity contribution in [2.24, 2.45) is 0 Å². The zero-order valence-electron chi connectivity index (χ0n) is 13.1. The second kappa shape index (κ2) is 5.81. The van der Waals surface area contributed by atoms with E-state index in [2.05, 4.69) is 60.1 Å². The molecule has 0 radical (unpaired) electrons. The molecule has 0 aliphatic carbocycles. The minimum atomic E-state index is -0.932. The lowest BCUT2D eigenvalue weighted by Crippen LogP contribution is -2.47. The molecule has 0 N–H and O–H groups in total. The van der Waals surface area contributed by atoms with Crippen LogP contribution < -0.4 is 0 Å². The Morgan fingerprint density at radius 1 is 0.625 bits per heavy atom. The summed E-state index contributed by atoms with van der Waals surface area (Å²) in [6.45, 7) is 23.8. The van der Waals surface area contributed by atoms with Gasteiger partial charge in [-0.15, -0.1) is 6.57 Å². The molecule has 0 fully saturated rings. The number of rotatable bonds is 6. The summed E-state index contributed by atoms with van der Waals surface area (Å²) in [5.41, 5.74) is 0. The Kier molecular flexibility index (Phi) is 6.21. The SMILES string of the molecule is CC[Si](CC)(CC)P([Si](C)(C)C)[Si](C)(C)C. The van der Waals surface area contributed by atoms with Crippen LogP contribution >= 0.6 is 6.57 Å².